The van der Waals surface area contributed by atoms with Crippen LogP contribution in [0.3, 0.4) is 0 Å². The van der Waals surface area contributed by atoms with Crippen LogP contribution in [0.15, 0.2) is 18.2 Å². The van der Waals surface area contributed by atoms with Crippen molar-refractivity contribution in [3.8, 4) is 0 Å². The van der Waals surface area contributed by atoms with Gasteiger partial charge in [0.25, 0.3) is 0 Å². The number of nitrogens with zero attached hydrogens (tertiary/aromatic N) is 1. The Labute approximate surface area is 146 Å². The van der Waals surface area contributed by atoms with Crippen molar-refractivity contribution < 1.29 is 18.4 Å². The van der Waals surface area contributed by atoms with Crippen LogP contribution in [0.25, 0.3) is 0 Å². The summed E-state index contributed by atoms with van der Waals surface area (Å²) in [6.07, 6.45) is 0.929. The fraction of sp³-hybridized carbons (Fsp3) is 0.529. The first kappa shape index (κ1) is 20.5. The lowest BCUT2D eigenvalue weighted by Crippen LogP contribution is -2.49. The Bertz CT molecular complexity index is 602. The van der Waals surface area contributed by atoms with Gasteiger partial charge in [-0.05, 0) is 30.9 Å². The number of nitrogens with two attached hydrogens (primary N) is 1. The molecule has 24 heavy (non-hydrogen) atoms. The maximum absolute atomic E-state index is 13.7. The van der Waals surface area contributed by atoms with Crippen LogP contribution >= 0.6 is 12.4 Å². The van der Waals surface area contributed by atoms with E-state index in [4.69, 9.17) is 5.73 Å². The van der Waals surface area contributed by atoms with Gasteiger partial charge in [0.1, 0.15) is 11.6 Å². The number of benzene rings is 1. The molecular weight excluding hydrogens is 338 g/mol. The molecule has 0 spiro atoms. The van der Waals surface area contributed by atoms with E-state index in [1.807, 2.05) is 13.8 Å². The zero-order valence-corrected chi connectivity index (χ0v) is 14.6. The Morgan fingerprint density at radius 1 is 1.21 bits per heavy atom. The highest BCUT2D eigenvalue weighted by Gasteiger charge is 2.31. The van der Waals surface area contributed by atoms with Crippen molar-refractivity contribution in [3.63, 3.8) is 0 Å². The Morgan fingerprint density at radius 2 is 1.79 bits per heavy atom. The maximum Gasteiger partial charge on any atom is 0.239 e. The van der Waals surface area contributed by atoms with E-state index in [9.17, 15) is 18.4 Å². The molecule has 1 fully saturated rings. The van der Waals surface area contributed by atoms with Crippen LogP contribution in [-0.2, 0) is 4.79 Å². The zero-order valence-electron chi connectivity index (χ0n) is 13.8. The number of Topliss-reactive ketones (excluding diaryl/α,β-unsaturated/α-hetero) is 1. The summed E-state index contributed by atoms with van der Waals surface area (Å²) in [5.74, 6) is -2.29. The molecule has 2 rings (SSSR count). The predicted octanol–water partition coefficient (Wildman–Crippen LogP) is 2.79. The van der Waals surface area contributed by atoms with Crippen LogP contribution in [0.1, 0.15) is 37.0 Å². The van der Waals surface area contributed by atoms with E-state index in [2.05, 4.69) is 0 Å². The fourth-order valence-electron chi connectivity index (χ4n) is 2.77. The van der Waals surface area contributed by atoms with E-state index < -0.39 is 17.7 Å². The molecule has 0 saturated carbocycles. The van der Waals surface area contributed by atoms with E-state index in [0.29, 0.717) is 32.0 Å². The molecule has 1 saturated heterocycles. The van der Waals surface area contributed by atoms with Gasteiger partial charge in [-0.2, -0.15) is 0 Å². The predicted molar refractivity (Wildman–Crippen MR) is 90.1 cm³/mol. The number of piperidine rings is 1. The Kier molecular flexibility index (Phi) is 7.29. The van der Waals surface area contributed by atoms with Gasteiger partial charge in [-0.1, -0.05) is 13.8 Å². The van der Waals surface area contributed by atoms with Gasteiger partial charge in [0.2, 0.25) is 5.91 Å². The monoisotopic (exact) mass is 360 g/mol. The Hall–Kier alpha value is -1.53. The quantitative estimate of drug-likeness (QED) is 0.840. The SMILES string of the molecule is CC(C)[C@H](N)C(=O)N1CCC(C(=O)c2ccc(F)cc2F)CC1.Cl. The standard InChI is InChI=1S/C17H22F2N2O2.ClH/c1-10(2)15(20)17(23)21-7-5-11(6-8-21)16(22)13-4-3-12(18)9-14(13)19;/h3-4,9-11,15H,5-8,20H2,1-2H3;1H/t15-;/m0./s1. The van der Waals surface area contributed by atoms with Crippen LogP contribution in [0.4, 0.5) is 8.78 Å². The molecule has 1 aliphatic rings. The Morgan fingerprint density at radius 3 is 2.29 bits per heavy atom. The van der Waals surface area contributed by atoms with Crippen molar-refractivity contribution in [1.29, 1.82) is 0 Å². The summed E-state index contributed by atoms with van der Waals surface area (Å²) in [6, 6.07) is 2.43. The van der Waals surface area contributed by atoms with Crippen LogP contribution in [0, 0.1) is 23.5 Å². The first-order valence-corrected chi connectivity index (χ1v) is 7.85. The van der Waals surface area contributed by atoms with Gasteiger partial charge in [0.05, 0.1) is 11.6 Å². The highest BCUT2D eigenvalue weighted by Crippen LogP contribution is 2.24. The minimum atomic E-state index is -0.838. The number of hydrogen-bond acceptors (Lipinski definition) is 3. The van der Waals surface area contributed by atoms with Gasteiger partial charge < -0.3 is 10.6 Å². The molecule has 1 aliphatic heterocycles. The average Bonchev–Trinajstić information content (AvgIpc) is 2.53. The third-order valence-corrected chi connectivity index (χ3v) is 4.38. The summed E-state index contributed by atoms with van der Waals surface area (Å²) in [7, 11) is 0. The molecule has 0 bridgehead atoms. The molecule has 7 heteroatoms. The van der Waals surface area contributed by atoms with E-state index in [-0.39, 0.29) is 41.5 Å². The first-order chi connectivity index (χ1) is 10.8. The number of carbonyl (C=O) groups is 2. The number of carbonyl (C=O) groups excluding carboxylic acids is 2. The molecule has 134 valence electrons. The van der Waals surface area contributed by atoms with Crippen LogP contribution < -0.4 is 5.73 Å². The lowest BCUT2D eigenvalue weighted by atomic mass is 9.88. The molecule has 1 amide bonds. The summed E-state index contributed by atoms with van der Waals surface area (Å²) in [4.78, 5) is 26.2. The number of likely N-dealkylation sites (tertiary alicyclic amines) is 1. The second-order valence-electron chi connectivity index (χ2n) is 6.36. The number of hydrogen-bond donors (Lipinski definition) is 1. The number of amides is 1. The van der Waals surface area contributed by atoms with Crippen molar-refractivity contribution in [2.24, 2.45) is 17.6 Å². The molecule has 4 nitrogen and oxygen atoms in total. The third-order valence-electron chi connectivity index (χ3n) is 4.38. The maximum atomic E-state index is 13.7. The van der Waals surface area contributed by atoms with Crippen molar-refractivity contribution in [2.45, 2.75) is 32.7 Å². The van der Waals surface area contributed by atoms with Crippen LogP contribution in [-0.4, -0.2) is 35.7 Å². The lowest BCUT2D eigenvalue weighted by molar-refractivity contribution is -0.134. The molecule has 1 atom stereocenters. The minimum Gasteiger partial charge on any atom is -0.341 e. The van der Waals surface area contributed by atoms with Gasteiger partial charge in [-0.15, -0.1) is 12.4 Å². The molecule has 0 aliphatic carbocycles. The summed E-state index contributed by atoms with van der Waals surface area (Å²) >= 11 is 0. The number of halogens is 3. The van der Waals surface area contributed by atoms with Crippen molar-refractivity contribution in [1.82, 2.24) is 4.90 Å². The van der Waals surface area contributed by atoms with E-state index >= 15 is 0 Å². The highest BCUT2D eigenvalue weighted by atomic mass is 35.5. The minimum absolute atomic E-state index is 0. The summed E-state index contributed by atoms with van der Waals surface area (Å²) in [5.41, 5.74) is 5.78. The van der Waals surface area contributed by atoms with Gasteiger partial charge in [-0.25, -0.2) is 8.78 Å². The van der Waals surface area contributed by atoms with E-state index in [1.165, 1.54) is 6.07 Å². The summed E-state index contributed by atoms with van der Waals surface area (Å²) in [5, 5.41) is 0. The molecule has 1 aromatic rings. The molecule has 1 aromatic carbocycles. The van der Waals surface area contributed by atoms with Gasteiger partial charge >= 0.3 is 0 Å². The van der Waals surface area contributed by atoms with Crippen LogP contribution in [0.5, 0.6) is 0 Å². The first-order valence-electron chi connectivity index (χ1n) is 7.85. The van der Waals surface area contributed by atoms with E-state index in [1.54, 1.807) is 4.90 Å². The fourth-order valence-corrected chi connectivity index (χ4v) is 2.77. The second-order valence-corrected chi connectivity index (χ2v) is 6.36. The van der Waals surface area contributed by atoms with E-state index in [0.717, 1.165) is 6.07 Å². The van der Waals surface area contributed by atoms with Gasteiger partial charge in [0.15, 0.2) is 5.78 Å². The molecule has 2 N–H and O–H groups in total. The van der Waals surface area contributed by atoms with Gasteiger partial charge in [0, 0.05) is 25.1 Å². The smallest absolute Gasteiger partial charge is 0.239 e. The van der Waals surface area contributed by atoms with Gasteiger partial charge in [-0.3, -0.25) is 9.59 Å². The lowest BCUT2D eigenvalue weighted by Gasteiger charge is -2.33. The summed E-state index contributed by atoms with van der Waals surface area (Å²) in [6.45, 7) is 4.63. The zero-order chi connectivity index (χ0) is 17.1. The molecule has 0 radical (unpaired) electrons. The third kappa shape index (κ3) is 4.51. The Balaban J connectivity index is 0.00000288. The topological polar surface area (TPSA) is 63.4 Å². The van der Waals surface area contributed by atoms with Crippen molar-refractivity contribution >= 4 is 24.1 Å². The van der Waals surface area contributed by atoms with Crippen LogP contribution in [0.2, 0.25) is 0 Å². The van der Waals surface area contributed by atoms with Crippen molar-refractivity contribution in [2.75, 3.05) is 13.1 Å². The molecule has 0 unspecified atom stereocenters. The molecule has 0 aromatic heterocycles. The molecule has 1 heterocycles. The second kappa shape index (κ2) is 8.53. The molecular formula is C17H23ClF2N2O2. The normalized spacial score (nSPS) is 16.7. The largest absolute Gasteiger partial charge is 0.341 e. The average molecular weight is 361 g/mol. The number of ketones is 1. The number of rotatable bonds is 4. The van der Waals surface area contributed by atoms with Crippen molar-refractivity contribution in [3.05, 3.63) is 35.4 Å². The summed E-state index contributed by atoms with van der Waals surface area (Å²) < 4.78 is 26.6. The highest BCUT2D eigenvalue weighted by molar-refractivity contribution is 5.98.